The Hall–Kier alpha value is 0.177. The topological polar surface area (TPSA) is 9.23 Å². The Labute approximate surface area is 84.6 Å². The lowest BCUT2D eigenvalue weighted by Gasteiger charge is -2.39. The SMILES string of the molecule is C[SiH]1OC(C)(C)CCCCC1(C)C. The van der Waals surface area contributed by atoms with Gasteiger partial charge in [0.05, 0.1) is 5.60 Å². The van der Waals surface area contributed by atoms with Gasteiger partial charge < -0.3 is 4.43 Å². The van der Waals surface area contributed by atoms with Gasteiger partial charge in [-0.3, -0.25) is 0 Å². The first-order valence-corrected chi connectivity index (χ1v) is 7.72. The molecular weight excluding hydrogens is 176 g/mol. The highest BCUT2D eigenvalue weighted by Crippen LogP contribution is 2.40. The van der Waals surface area contributed by atoms with E-state index < -0.39 is 9.04 Å². The van der Waals surface area contributed by atoms with E-state index in [1.54, 1.807) is 0 Å². The molecule has 1 aliphatic heterocycles. The zero-order valence-electron chi connectivity index (χ0n) is 9.81. The van der Waals surface area contributed by atoms with Crippen LogP contribution in [0.1, 0.15) is 53.4 Å². The molecule has 78 valence electrons. The maximum atomic E-state index is 6.23. The summed E-state index contributed by atoms with van der Waals surface area (Å²) in [5, 5.41) is 0.484. The predicted molar refractivity (Wildman–Crippen MR) is 60.7 cm³/mol. The first-order valence-electron chi connectivity index (χ1n) is 5.51. The summed E-state index contributed by atoms with van der Waals surface area (Å²) in [5.74, 6) is 0. The smallest absolute Gasteiger partial charge is 0.180 e. The number of hydrogen-bond acceptors (Lipinski definition) is 1. The van der Waals surface area contributed by atoms with Gasteiger partial charge in [0.15, 0.2) is 9.04 Å². The van der Waals surface area contributed by atoms with E-state index in [1.165, 1.54) is 25.7 Å². The molecule has 0 aliphatic carbocycles. The van der Waals surface area contributed by atoms with E-state index in [9.17, 15) is 0 Å². The van der Waals surface area contributed by atoms with Crippen LogP contribution in [0.3, 0.4) is 0 Å². The lowest BCUT2D eigenvalue weighted by atomic mass is 9.97. The van der Waals surface area contributed by atoms with Gasteiger partial charge in [0.1, 0.15) is 0 Å². The van der Waals surface area contributed by atoms with Gasteiger partial charge in [-0.25, -0.2) is 0 Å². The van der Waals surface area contributed by atoms with Crippen molar-refractivity contribution in [2.75, 3.05) is 0 Å². The molecule has 1 heterocycles. The van der Waals surface area contributed by atoms with Crippen molar-refractivity contribution in [3.8, 4) is 0 Å². The van der Waals surface area contributed by atoms with E-state index in [-0.39, 0.29) is 5.60 Å². The van der Waals surface area contributed by atoms with E-state index in [2.05, 4.69) is 34.2 Å². The standard InChI is InChI=1S/C11H24OSi/c1-10(2)8-6-7-9-11(3,4)13(5)12-10/h13H,6-9H2,1-5H3. The summed E-state index contributed by atoms with van der Waals surface area (Å²) < 4.78 is 6.23. The van der Waals surface area contributed by atoms with Crippen molar-refractivity contribution in [2.45, 2.75) is 70.6 Å². The fourth-order valence-electron chi connectivity index (χ4n) is 2.03. The summed E-state index contributed by atoms with van der Waals surface area (Å²) in [4.78, 5) is 0. The molecule has 0 bridgehead atoms. The van der Waals surface area contributed by atoms with Gasteiger partial charge >= 0.3 is 0 Å². The zero-order valence-corrected chi connectivity index (χ0v) is 11.0. The van der Waals surface area contributed by atoms with Crippen LogP contribution >= 0.6 is 0 Å². The minimum Gasteiger partial charge on any atom is -0.415 e. The van der Waals surface area contributed by atoms with Gasteiger partial charge in [0.25, 0.3) is 0 Å². The van der Waals surface area contributed by atoms with Gasteiger partial charge in [0, 0.05) is 0 Å². The van der Waals surface area contributed by atoms with Crippen LogP contribution in [0, 0.1) is 0 Å². The number of hydrogen-bond donors (Lipinski definition) is 0. The molecule has 1 rings (SSSR count). The molecule has 13 heavy (non-hydrogen) atoms. The molecule has 0 saturated carbocycles. The average molecular weight is 200 g/mol. The van der Waals surface area contributed by atoms with Crippen LogP contribution in [0.2, 0.25) is 11.6 Å². The van der Waals surface area contributed by atoms with Crippen molar-refractivity contribution in [2.24, 2.45) is 0 Å². The summed E-state index contributed by atoms with van der Waals surface area (Å²) in [5.41, 5.74) is 0.142. The van der Waals surface area contributed by atoms with Crippen LogP contribution < -0.4 is 0 Å². The normalized spacial score (nSPS) is 33.5. The summed E-state index contributed by atoms with van der Waals surface area (Å²) in [6, 6.07) is 0. The second-order valence-electron chi connectivity index (χ2n) is 5.72. The van der Waals surface area contributed by atoms with Crippen LogP contribution in [0.4, 0.5) is 0 Å². The molecule has 0 radical (unpaired) electrons. The Kier molecular flexibility index (Phi) is 3.23. The number of rotatable bonds is 0. The van der Waals surface area contributed by atoms with E-state index in [1.807, 2.05) is 0 Å². The maximum absolute atomic E-state index is 6.23. The minimum absolute atomic E-state index is 0.142. The molecule has 0 amide bonds. The van der Waals surface area contributed by atoms with Crippen molar-refractivity contribution in [1.82, 2.24) is 0 Å². The molecule has 1 fully saturated rings. The third-order valence-corrected chi connectivity index (χ3v) is 6.93. The van der Waals surface area contributed by atoms with Crippen molar-refractivity contribution in [1.29, 1.82) is 0 Å². The maximum Gasteiger partial charge on any atom is 0.180 e. The van der Waals surface area contributed by atoms with E-state index in [0.717, 1.165) is 0 Å². The molecule has 1 nitrogen and oxygen atoms in total. The highest BCUT2D eigenvalue weighted by Gasteiger charge is 2.34. The van der Waals surface area contributed by atoms with Gasteiger partial charge in [-0.15, -0.1) is 0 Å². The van der Waals surface area contributed by atoms with Crippen LogP contribution in [0.5, 0.6) is 0 Å². The molecule has 1 aliphatic rings. The van der Waals surface area contributed by atoms with Crippen molar-refractivity contribution in [3.63, 3.8) is 0 Å². The van der Waals surface area contributed by atoms with Crippen molar-refractivity contribution >= 4 is 9.04 Å². The first-order chi connectivity index (χ1) is 5.83. The molecule has 2 heteroatoms. The molecule has 0 aromatic carbocycles. The van der Waals surface area contributed by atoms with Gasteiger partial charge in [-0.1, -0.05) is 26.7 Å². The quantitative estimate of drug-likeness (QED) is 0.544. The third-order valence-electron chi connectivity index (χ3n) is 3.45. The summed E-state index contributed by atoms with van der Waals surface area (Å²) >= 11 is 0. The second kappa shape index (κ2) is 3.74. The van der Waals surface area contributed by atoms with Crippen molar-refractivity contribution < 1.29 is 4.43 Å². The fourth-order valence-corrected chi connectivity index (χ4v) is 4.04. The Morgan fingerprint density at radius 1 is 1.00 bits per heavy atom. The van der Waals surface area contributed by atoms with E-state index >= 15 is 0 Å². The molecule has 0 N–H and O–H groups in total. The monoisotopic (exact) mass is 200 g/mol. The molecule has 1 unspecified atom stereocenters. The van der Waals surface area contributed by atoms with Gasteiger partial charge in [0.2, 0.25) is 0 Å². The largest absolute Gasteiger partial charge is 0.415 e. The van der Waals surface area contributed by atoms with E-state index in [0.29, 0.717) is 5.04 Å². The summed E-state index contributed by atoms with van der Waals surface area (Å²) in [7, 11) is -1.00. The van der Waals surface area contributed by atoms with E-state index in [4.69, 9.17) is 4.43 Å². The van der Waals surface area contributed by atoms with Crippen LogP contribution in [0.25, 0.3) is 0 Å². The van der Waals surface area contributed by atoms with Crippen molar-refractivity contribution in [3.05, 3.63) is 0 Å². The molecule has 1 saturated heterocycles. The Balaban J connectivity index is 2.67. The van der Waals surface area contributed by atoms with Gasteiger partial charge in [-0.2, -0.15) is 0 Å². The lowest BCUT2D eigenvalue weighted by molar-refractivity contribution is 0.0798. The Morgan fingerprint density at radius 2 is 1.54 bits per heavy atom. The zero-order chi connectivity index (χ0) is 10.1. The third kappa shape index (κ3) is 3.10. The Morgan fingerprint density at radius 3 is 2.15 bits per heavy atom. The Bertz CT molecular complexity index is 175. The van der Waals surface area contributed by atoms with Crippen LogP contribution in [0.15, 0.2) is 0 Å². The highest BCUT2D eigenvalue weighted by atomic mass is 28.3. The molecule has 0 spiro atoms. The average Bonchev–Trinajstić information content (AvgIpc) is 1.96. The first kappa shape index (κ1) is 11.3. The summed E-state index contributed by atoms with van der Waals surface area (Å²) in [6.07, 6.45) is 5.31. The van der Waals surface area contributed by atoms with Crippen LogP contribution in [-0.2, 0) is 4.43 Å². The van der Waals surface area contributed by atoms with Crippen LogP contribution in [-0.4, -0.2) is 14.6 Å². The second-order valence-corrected chi connectivity index (χ2v) is 8.80. The lowest BCUT2D eigenvalue weighted by Crippen LogP contribution is -2.39. The molecule has 1 atom stereocenters. The molecule has 0 aromatic rings. The fraction of sp³-hybridized carbons (Fsp3) is 1.00. The minimum atomic E-state index is -1.00. The highest BCUT2D eigenvalue weighted by molar-refractivity contribution is 6.54. The molecule has 0 aromatic heterocycles. The molecular formula is C11H24OSi. The summed E-state index contributed by atoms with van der Waals surface area (Å²) in [6.45, 7) is 11.6. The predicted octanol–water partition coefficient (Wildman–Crippen LogP) is 3.49. The van der Waals surface area contributed by atoms with Gasteiger partial charge in [-0.05, 0) is 38.3 Å².